The first-order chi connectivity index (χ1) is 5.52. The normalized spacial score (nSPS) is 14.3. The summed E-state index contributed by atoms with van der Waals surface area (Å²) in [5.74, 6) is 0. The number of rotatable bonds is 6. The molecule has 2 heteroatoms. The van der Waals surface area contributed by atoms with E-state index in [1.165, 1.54) is 0 Å². The van der Waals surface area contributed by atoms with E-state index in [4.69, 9.17) is 4.74 Å². The zero-order valence-electron chi connectivity index (χ0n) is 8.34. The first kappa shape index (κ1) is 11.7. The van der Waals surface area contributed by atoms with E-state index in [-0.39, 0.29) is 11.7 Å². The first-order valence-electron chi connectivity index (χ1n) is 4.36. The van der Waals surface area contributed by atoms with Crippen molar-refractivity contribution in [3.05, 3.63) is 12.7 Å². The molecule has 0 aliphatic carbocycles. The summed E-state index contributed by atoms with van der Waals surface area (Å²) in [4.78, 5) is 0. The highest BCUT2D eigenvalue weighted by Gasteiger charge is 2.20. The van der Waals surface area contributed by atoms with Gasteiger partial charge in [-0.25, -0.2) is 0 Å². The first-order valence-corrected chi connectivity index (χ1v) is 4.36. The number of allylic oxidation sites excluding steroid dienone is 1. The van der Waals surface area contributed by atoms with E-state index in [2.05, 4.69) is 6.58 Å². The molecule has 0 bridgehead atoms. The highest BCUT2D eigenvalue weighted by molar-refractivity contribution is 4.76. The number of hydrogen-bond donors (Lipinski definition) is 1. The van der Waals surface area contributed by atoms with E-state index in [0.717, 1.165) is 12.8 Å². The summed E-state index contributed by atoms with van der Waals surface area (Å²) in [6.07, 6.45) is 3.86. The summed E-state index contributed by atoms with van der Waals surface area (Å²) in [5.41, 5.74) is -0.222. The van der Waals surface area contributed by atoms with Gasteiger partial charge in [0.05, 0.1) is 11.7 Å². The van der Waals surface area contributed by atoms with Gasteiger partial charge in [-0.15, -0.1) is 6.58 Å². The number of aliphatic hydroxyl groups is 1. The molecule has 0 aromatic rings. The van der Waals surface area contributed by atoms with E-state index in [1.807, 2.05) is 19.9 Å². The summed E-state index contributed by atoms with van der Waals surface area (Å²) in [6, 6.07) is 0. The molecule has 12 heavy (non-hydrogen) atoms. The molecule has 1 N–H and O–H groups in total. The maximum atomic E-state index is 9.52. The van der Waals surface area contributed by atoms with E-state index >= 15 is 0 Å². The zero-order chi connectivity index (χ0) is 9.61. The lowest BCUT2D eigenvalue weighted by molar-refractivity contribution is -0.0208. The summed E-state index contributed by atoms with van der Waals surface area (Å²) in [7, 11) is 1.67. The Morgan fingerprint density at radius 1 is 1.58 bits per heavy atom. The largest absolute Gasteiger partial charge is 0.393 e. The standard InChI is InChI=1S/C10H20O2/c1-5-6-7-9(11)8-10(2,3)12-4/h5,9,11H,1,6-8H2,2-4H3. The van der Waals surface area contributed by atoms with Gasteiger partial charge in [0.25, 0.3) is 0 Å². The predicted molar refractivity (Wildman–Crippen MR) is 51.1 cm³/mol. The molecule has 0 aliphatic rings. The molecule has 2 nitrogen and oxygen atoms in total. The summed E-state index contributed by atoms with van der Waals surface area (Å²) in [5, 5.41) is 9.52. The van der Waals surface area contributed by atoms with E-state index in [0.29, 0.717) is 6.42 Å². The van der Waals surface area contributed by atoms with Gasteiger partial charge >= 0.3 is 0 Å². The minimum atomic E-state index is -0.280. The SMILES string of the molecule is C=CCCC(O)CC(C)(C)OC. The van der Waals surface area contributed by atoms with Crippen LogP contribution in [0.1, 0.15) is 33.1 Å². The third-order valence-electron chi connectivity index (χ3n) is 1.98. The van der Waals surface area contributed by atoms with Crippen molar-refractivity contribution in [2.75, 3.05) is 7.11 Å². The number of aliphatic hydroxyl groups excluding tert-OH is 1. The maximum Gasteiger partial charge on any atom is 0.0647 e. The quantitative estimate of drug-likeness (QED) is 0.622. The van der Waals surface area contributed by atoms with Crippen molar-refractivity contribution in [1.29, 1.82) is 0 Å². The van der Waals surface area contributed by atoms with Gasteiger partial charge < -0.3 is 9.84 Å². The average molecular weight is 172 g/mol. The smallest absolute Gasteiger partial charge is 0.0647 e. The molecule has 0 heterocycles. The number of ether oxygens (including phenoxy) is 1. The minimum absolute atomic E-state index is 0.222. The molecule has 1 atom stereocenters. The predicted octanol–water partition coefficient (Wildman–Crippen LogP) is 2.13. The maximum absolute atomic E-state index is 9.52. The van der Waals surface area contributed by atoms with Crippen molar-refractivity contribution in [2.24, 2.45) is 0 Å². The van der Waals surface area contributed by atoms with Gasteiger partial charge in [-0.1, -0.05) is 6.08 Å². The van der Waals surface area contributed by atoms with Crippen LogP contribution in [-0.2, 0) is 4.74 Å². The van der Waals surface area contributed by atoms with Crippen LogP contribution in [0.15, 0.2) is 12.7 Å². The van der Waals surface area contributed by atoms with Crippen LogP contribution >= 0.6 is 0 Å². The van der Waals surface area contributed by atoms with Gasteiger partial charge in [0.1, 0.15) is 0 Å². The molecule has 0 fully saturated rings. The molecule has 0 aromatic carbocycles. The lowest BCUT2D eigenvalue weighted by Crippen LogP contribution is -2.28. The molecular formula is C10H20O2. The molecule has 0 spiro atoms. The van der Waals surface area contributed by atoms with Crippen LogP contribution in [0, 0.1) is 0 Å². The van der Waals surface area contributed by atoms with Crippen LogP contribution in [0.3, 0.4) is 0 Å². The van der Waals surface area contributed by atoms with Crippen LogP contribution in [0.2, 0.25) is 0 Å². The molecular weight excluding hydrogens is 152 g/mol. The minimum Gasteiger partial charge on any atom is -0.393 e. The van der Waals surface area contributed by atoms with E-state index < -0.39 is 0 Å². The number of methoxy groups -OCH3 is 1. The van der Waals surface area contributed by atoms with Gasteiger partial charge in [0.15, 0.2) is 0 Å². The van der Waals surface area contributed by atoms with Crippen molar-refractivity contribution in [2.45, 2.75) is 44.8 Å². The summed E-state index contributed by atoms with van der Waals surface area (Å²) in [6.45, 7) is 7.56. The van der Waals surface area contributed by atoms with Crippen molar-refractivity contribution in [1.82, 2.24) is 0 Å². The van der Waals surface area contributed by atoms with Gasteiger partial charge in [0, 0.05) is 13.5 Å². The molecule has 0 amide bonds. The zero-order valence-corrected chi connectivity index (χ0v) is 8.34. The van der Waals surface area contributed by atoms with Crippen molar-refractivity contribution in [3.8, 4) is 0 Å². The Kier molecular flexibility index (Phi) is 5.18. The van der Waals surface area contributed by atoms with Crippen molar-refractivity contribution < 1.29 is 9.84 Å². The topological polar surface area (TPSA) is 29.5 Å². The Bertz CT molecular complexity index is 130. The monoisotopic (exact) mass is 172 g/mol. The Labute approximate surface area is 75.2 Å². The Balaban J connectivity index is 3.67. The van der Waals surface area contributed by atoms with Crippen LogP contribution in [-0.4, -0.2) is 23.9 Å². The third kappa shape index (κ3) is 5.33. The van der Waals surface area contributed by atoms with Crippen molar-refractivity contribution in [3.63, 3.8) is 0 Å². The molecule has 0 aromatic heterocycles. The molecule has 1 unspecified atom stereocenters. The fraction of sp³-hybridized carbons (Fsp3) is 0.800. The number of hydrogen-bond acceptors (Lipinski definition) is 2. The average Bonchev–Trinajstić information content (AvgIpc) is 2.00. The fourth-order valence-corrected chi connectivity index (χ4v) is 1.06. The second-order valence-electron chi connectivity index (χ2n) is 3.69. The third-order valence-corrected chi connectivity index (χ3v) is 1.98. The van der Waals surface area contributed by atoms with Crippen LogP contribution < -0.4 is 0 Å². The van der Waals surface area contributed by atoms with Gasteiger partial charge in [0.2, 0.25) is 0 Å². The summed E-state index contributed by atoms with van der Waals surface area (Å²) < 4.78 is 5.20. The molecule has 0 saturated heterocycles. The van der Waals surface area contributed by atoms with Crippen LogP contribution in [0.4, 0.5) is 0 Å². The molecule has 0 aliphatic heterocycles. The highest BCUT2D eigenvalue weighted by Crippen LogP contribution is 2.17. The van der Waals surface area contributed by atoms with Gasteiger partial charge in [-0.3, -0.25) is 0 Å². The second kappa shape index (κ2) is 5.33. The molecule has 0 radical (unpaired) electrons. The molecule has 0 saturated carbocycles. The Morgan fingerprint density at radius 3 is 2.58 bits per heavy atom. The van der Waals surface area contributed by atoms with E-state index in [9.17, 15) is 5.11 Å². The van der Waals surface area contributed by atoms with Crippen molar-refractivity contribution >= 4 is 0 Å². The second-order valence-corrected chi connectivity index (χ2v) is 3.69. The summed E-state index contributed by atoms with van der Waals surface area (Å²) >= 11 is 0. The Hall–Kier alpha value is -0.340. The van der Waals surface area contributed by atoms with Gasteiger partial charge in [-0.2, -0.15) is 0 Å². The lowest BCUT2D eigenvalue weighted by Gasteiger charge is -2.25. The van der Waals surface area contributed by atoms with Gasteiger partial charge in [-0.05, 0) is 26.7 Å². The molecule has 0 rings (SSSR count). The molecule has 72 valence electrons. The van der Waals surface area contributed by atoms with Crippen LogP contribution in [0.25, 0.3) is 0 Å². The van der Waals surface area contributed by atoms with E-state index in [1.54, 1.807) is 7.11 Å². The van der Waals surface area contributed by atoms with Crippen LogP contribution in [0.5, 0.6) is 0 Å². The highest BCUT2D eigenvalue weighted by atomic mass is 16.5. The fourth-order valence-electron chi connectivity index (χ4n) is 1.06. The lowest BCUT2D eigenvalue weighted by atomic mass is 9.98. The Morgan fingerprint density at radius 2 is 2.17 bits per heavy atom.